The minimum absolute atomic E-state index is 0.0752. The summed E-state index contributed by atoms with van der Waals surface area (Å²) in [7, 11) is 0. The van der Waals surface area contributed by atoms with Crippen LogP contribution in [0.5, 0.6) is 0 Å². The van der Waals surface area contributed by atoms with Crippen molar-refractivity contribution in [2.75, 3.05) is 18.4 Å². The van der Waals surface area contributed by atoms with Crippen LogP contribution in [0.2, 0.25) is 0 Å². The van der Waals surface area contributed by atoms with Gasteiger partial charge in [0.15, 0.2) is 0 Å². The molecule has 0 saturated heterocycles. The van der Waals surface area contributed by atoms with Crippen molar-refractivity contribution in [3.63, 3.8) is 0 Å². The topological polar surface area (TPSA) is 76.2 Å². The Hall–Kier alpha value is -3.26. The molecule has 0 saturated carbocycles. The van der Waals surface area contributed by atoms with Gasteiger partial charge in [0.1, 0.15) is 29.0 Å². The van der Waals surface area contributed by atoms with E-state index in [-0.39, 0.29) is 24.1 Å². The molecule has 1 amide bonds. The van der Waals surface area contributed by atoms with Crippen molar-refractivity contribution >= 4 is 17.4 Å². The number of carbonyl (C=O) groups is 1. The number of hydrogen-bond donors (Lipinski definition) is 2. The third kappa shape index (κ3) is 3.66. The first-order valence-corrected chi connectivity index (χ1v) is 9.67. The summed E-state index contributed by atoms with van der Waals surface area (Å²) in [5, 5.41) is 3.32. The zero-order valence-electron chi connectivity index (χ0n) is 16.8. The lowest BCUT2D eigenvalue weighted by Crippen LogP contribution is -2.50. The van der Waals surface area contributed by atoms with Gasteiger partial charge in [-0.2, -0.15) is 0 Å². The van der Waals surface area contributed by atoms with E-state index in [4.69, 9.17) is 10.7 Å². The van der Waals surface area contributed by atoms with Gasteiger partial charge in [0.25, 0.3) is 0 Å². The van der Waals surface area contributed by atoms with Crippen molar-refractivity contribution in [1.29, 1.82) is 0 Å². The van der Waals surface area contributed by atoms with Crippen LogP contribution in [0.25, 0.3) is 11.3 Å². The highest BCUT2D eigenvalue weighted by Crippen LogP contribution is 2.38. The van der Waals surface area contributed by atoms with E-state index in [9.17, 15) is 13.6 Å². The van der Waals surface area contributed by atoms with Gasteiger partial charge in [0, 0.05) is 17.8 Å². The number of nitrogens with one attached hydrogen (secondary N) is 1. The molecular weight excluding hydrogens is 388 g/mol. The Morgan fingerprint density at radius 1 is 1.17 bits per heavy atom. The molecule has 0 atom stereocenters. The molecule has 30 heavy (non-hydrogen) atoms. The van der Waals surface area contributed by atoms with Crippen molar-refractivity contribution < 1.29 is 13.6 Å². The molecule has 4 rings (SSSR count). The number of halogens is 2. The third-order valence-corrected chi connectivity index (χ3v) is 5.19. The van der Waals surface area contributed by atoms with E-state index in [2.05, 4.69) is 5.32 Å². The summed E-state index contributed by atoms with van der Waals surface area (Å²) < 4.78 is 29.3. The van der Waals surface area contributed by atoms with Gasteiger partial charge in [-0.05, 0) is 50.2 Å². The maximum absolute atomic E-state index is 13.9. The van der Waals surface area contributed by atoms with Gasteiger partial charge >= 0.3 is 0 Å². The van der Waals surface area contributed by atoms with Crippen molar-refractivity contribution in [3.05, 3.63) is 66.0 Å². The summed E-state index contributed by atoms with van der Waals surface area (Å²) in [5.41, 5.74) is 6.90. The zero-order valence-corrected chi connectivity index (χ0v) is 16.8. The van der Waals surface area contributed by atoms with Crippen LogP contribution in [0, 0.1) is 11.6 Å². The minimum Gasteiger partial charge on any atom is -0.340 e. The molecule has 0 spiro atoms. The molecule has 6 nitrogen and oxygen atoms in total. The Bertz CT molecular complexity index is 1090. The van der Waals surface area contributed by atoms with Crippen LogP contribution in [-0.4, -0.2) is 33.4 Å². The number of benzene rings is 2. The van der Waals surface area contributed by atoms with Crippen LogP contribution in [0.3, 0.4) is 0 Å². The van der Waals surface area contributed by atoms with Gasteiger partial charge in [-0.15, -0.1) is 0 Å². The monoisotopic (exact) mass is 411 g/mol. The summed E-state index contributed by atoms with van der Waals surface area (Å²) in [5.74, 6) is 0.463. The van der Waals surface area contributed by atoms with E-state index in [0.717, 1.165) is 0 Å². The molecule has 0 fully saturated rings. The van der Waals surface area contributed by atoms with Gasteiger partial charge < -0.3 is 20.5 Å². The lowest BCUT2D eigenvalue weighted by Gasteiger charge is -2.40. The van der Waals surface area contributed by atoms with Crippen LogP contribution in [0.4, 0.5) is 20.3 Å². The highest BCUT2D eigenvalue weighted by Gasteiger charge is 2.37. The molecule has 8 heteroatoms. The Morgan fingerprint density at radius 2 is 1.90 bits per heavy atom. The molecule has 1 aliphatic rings. The summed E-state index contributed by atoms with van der Waals surface area (Å²) in [6.07, 6.45) is 0. The fourth-order valence-electron chi connectivity index (χ4n) is 3.92. The maximum Gasteiger partial charge on any atom is 0.236 e. The van der Waals surface area contributed by atoms with E-state index in [1.807, 2.05) is 18.4 Å². The van der Waals surface area contributed by atoms with Gasteiger partial charge in [-0.3, -0.25) is 4.79 Å². The standard InChI is InChI=1S/C22H23F2N5O/c1-22(2)13-28(19(30)11-25)12-18-27-20(14-4-3-5-16(24)10-14)21(29(18)22)26-17-8-6-15(23)7-9-17/h3-10,26H,11-13,25H2,1-2H3. The highest BCUT2D eigenvalue weighted by atomic mass is 19.1. The Balaban J connectivity index is 1.87. The maximum atomic E-state index is 13.9. The number of hydrogen-bond acceptors (Lipinski definition) is 4. The predicted molar refractivity (Wildman–Crippen MR) is 111 cm³/mol. The number of imidazole rings is 1. The second kappa shape index (κ2) is 7.53. The SMILES string of the molecule is CC1(C)CN(C(=O)CN)Cc2nc(-c3cccc(F)c3)c(Nc3ccc(F)cc3)n21. The third-order valence-electron chi connectivity index (χ3n) is 5.19. The number of nitrogens with two attached hydrogens (primary N) is 1. The molecule has 156 valence electrons. The van der Waals surface area contributed by atoms with E-state index < -0.39 is 5.54 Å². The first-order valence-electron chi connectivity index (χ1n) is 9.67. The molecule has 1 aromatic heterocycles. The number of carbonyl (C=O) groups excluding carboxylic acids is 1. The fraction of sp³-hybridized carbons (Fsp3) is 0.273. The molecule has 0 radical (unpaired) electrons. The van der Waals surface area contributed by atoms with E-state index in [1.54, 1.807) is 29.2 Å². The Labute approximate surface area is 173 Å². The summed E-state index contributed by atoms with van der Waals surface area (Å²) in [4.78, 5) is 18.7. The second-order valence-corrected chi connectivity index (χ2v) is 7.97. The smallest absolute Gasteiger partial charge is 0.236 e. The molecule has 3 N–H and O–H groups in total. The van der Waals surface area contributed by atoms with Crippen molar-refractivity contribution in [2.45, 2.75) is 25.9 Å². The van der Waals surface area contributed by atoms with E-state index >= 15 is 0 Å². The van der Waals surface area contributed by atoms with Crippen LogP contribution in [0.15, 0.2) is 48.5 Å². The predicted octanol–water partition coefficient (Wildman–Crippen LogP) is 3.61. The summed E-state index contributed by atoms with van der Waals surface area (Å²) in [6, 6.07) is 12.2. The number of anilines is 2. The largest absolute Gasteiger partial charge is 0.340 e. The zero-order chi connectivity index (χ0) is 21.5. The van der Waals surface area contributed by atoms with Crippen LogP contribution in [0.1, 0.15) is 19.7 Å². The first-order chi connectivity index (χ1) is 14.3. The number of fused-ring (bicyclic) bond motifs is 1. The average molecular weight is 411 g/mol. The highest BCUT2D eigenvalue weighted by molar-refractivity contribution is 5.80. The normalized spacial score (nSPS) is 15.0. The lowest BCUT2D eigenvalue weighted by molar-refractivity contribution is -0.132. The van der Waals surface area contributed by atoms with Crippen molar-refractivity contribution in [2.24, 2.45) is 5.73 Å². The fourth-order valence-corrected chi connectivity index (χ4v) is 3.92. The summed E-state index contributed by atoms with van der Waals surface area (Å²) in [6.45, 7) is 4.67. The van der Waals surface area contributed by atoms with E-state index in [0.29, 0.717) is 41.7 Å². The minimum atomic E-state index is -0.501. The summed E-state index contributed by atoms with van der Waals surface area (Å²) >= 11 is 0. The molecule has 0 bridgehead atoms. The van der Waals surface area contributed by atoms with Crippen LogP contribution >= 0.6 is 0 Å². The van der Waals surface area contributed by atoms with Gasteiger partial charge in [0.2, 0.25) is 5.91 Å². The molecule has 2 aromatic carbocycles. The number of nitrogens with zero attached hydrogens (tertiary/aromatic N) is 3. The molecule has 3 aromatic rings. The van der Waals surface area contributed by atoms with Crippen LogP contribution < -0.4 is 11.1 Å². The Morgan fingerprint density at radius 3 is 2.57 bits per heavy atom. The quantitative estimate of drug-likeness (QED) is 0.688. The number of rotatable bonds is 4. The molecule has 2 heterocycles. The van der Waals surface area contributed by atoms with Crippen molar-refractivity contribution in [3.8, 4) is 11.3 Å². The van der Waals surface area contributed by atoms with Crippen molar-refractivity contribution in [1.82, 2.24) is 14.5 Å². The van der Waals surface area contributed by atoms with Gasteiger partial charge in [0.05, 0.1) is 18.6 Å². The van der Waals surface area contributed by atoms with Crippen LogP contribution in [-0.2, 0) is 16.9 Å². The number of amides is 1. The molecule has 1 aliphatic heterocycles. The average Bonchev–Trinajstić information content (AvgIpc) is 3.08. The molecule has 0 aliphatic carbocycles. The van der Waals surface area contributed by atoms with Gasteiger partial charge in [-0.25, -0.2) is 13.8 Å². The first kappa shape index (κ1) is 20.0. The molecular formula is C22H23F2N5O. The van der Waals surface area contributed by atoms with E-state index in [1.165, 1.54) is 24.3 Å². The lowest BCUT2D eigenvalue weighted by atomic mass is 10.0. The van der Waals surface area contributed by atoms with Gasteiger partial charge in [-0.1, -0.05) is 12.1 Å². The Kier molecular flexibility index (Phi) is 5.03. The second-order valence-electron chi connectivity index (χ2n) is 7.97. The number of aromatic nitrogens is 2. The molecule has 0 unspecified atom stereocenters.